The van der Waals surface area contributed by atoms with Crippen LogP contribution < -0.4 is 15.0 Å². The monoisotopic (exact) mass is 378 g/mol. The van der Waals surface area contributed by atoms with Crippen molar-refractivity contribution in [2.75, 3.05) is 20.8 Å². The third-order valence-electron chi connectivity index (χ3n) is 4.96. The molecule has 0 saturated heterocycles. The summed E-state index contributed by atoms with van der Waals surface area (Å²) in [6.07, 6.45) is 4.07. The van der Waals surface area contributed by atoms with Gasteiger partial charge in [0, 0.05) is 43.2 Å². The molecule has 0 radical (unpaired) electrons. The van der Waals surface area contributed by atoms with Gasteiger partial charge in [-0.15, -0.1) is 0 Å². The summed E-state index contributed by atoms with van der Waals surface area (Å²) in [5.41, 5.74) is 3.54. The highest BCUT2D eigenvalue weighted by atomic mass is 16.5. The van der Waals surface area contributed by atoms with Crippen LogP contribution in [0.5, 0.6) is 11.5 Å². The quantitative estimate of drug-likeness (QED) is 0.734. The van der Waals surface area contributed by atoms with Crippen molar-refractivity contribution in [3.05, 3.63) is 69.9 Å². The molecule has 3 aromatic rings. The number of hydrogen-bond donors (Lipinski definition) is 1. The fourth-order valence-corrected chi connectivity index (χ4v) is 3.51. The van der Waals surface area contributed by atoms with E-state index in [9.17, 15) is 4.79 Å². The molecule has 1 aliphatic heterocycles. The number of aromatic nitrogens is 3. The molecule has 0 fully saturated rings. The van der Waals surface area contributed by atoms with Crippen LogP contribution in [0.25, 0.3) is 11.4 Å². The Kier molecular flexibility index (Phi) is 5.08. The third kappa shape index (κ3) is 3.61. The molecule has 28 heavy (non-hydrogen) atoms. The minimum Gasteiger partial charge on any atom is -0.493 e. The van der Waals surface area contributed by atoms with Gasteiger partial charge in [0.15, 0.2) is 11.5 Å². The molecule has 0 unspecified atom stereocenters. The second kappa shape index (κ2) is 7.82. The first-order valence-corrected chi connectivity index (χ1v) is 9.13. The average molecular weight is 378 g/mol. The molecular formula is C21H22N4O3. The molecule has 2 aromatic heterocycles. The number of ether oxygens (including phenoxy) is 2. The highest BCUT2D eigenvalue weighted by molar-refractivity contribution is 5.54. The lowest BCUT2D eigenvalue weighted by Crippen LogP contribution is -2.35. The molecule has 3 heterocycles. The zero-order chi connectivity index (χ0) is 19.5. The Hall–Kier alpha value is -3.19. The predicted molar refractivity (Wildman–Crippen MR) is 105 cm³/mol. The van der Waals surface area contributed by atoms with Crippen LogP contribution in [0.2, 0.25) is 0 Å². The van der Waals surface area contributed by atoms with E-state index in [0.29, 0.717) is 30.3 Å². The largest absolute Gasteiger partial charge is 0.493 e. The lowest BCUT2D eigenvalue weighted by molar-refractivity contribution is 0.240. The van der Waals surface area contributed by atoms with Crippen LogP contribution in [0.1, 0.15) is 16.8 Å². The molecule has 7 nitrogen and oxygen atoms in total. The fourth-order valence-electron chi connectivity index (χ4n) is 3.51. The van der Waals surface area contributed by atoms with Crippen molar-refractivity contribution in [2.45, 2.75) is 19.5 Å². The van der Waals surface area contributed by atoms with E-state index in [1.165, 1.54) is 0 Å². The van der Waals surface area contributed by atoms with E-state index in [0.717, 1.165) is 35.5 Å². The minimum absolute atomic E-state index is 0.0532. The number of nitrogens with one attached hydrogen (secondary N) is 1. The van der Waals surface area contributed by atoms with Gasteiger partial charge in [-0.3, -0.25) is 14.7 Å². The van der Waals surface area contributed by atoms with E-state index in [1.54, 1.807) is 26.6 Å². The molecule has 0 saturated carbocycles. The van der Waals surface area contributed by atoms with Crippen LogP contribution >= 0.6 is 0 Å². The molecule has 7 heteroatoms. The molecule has 1 aromatic carbocycles. The first-order valence-electron chi connectivity index (χ1n) is 9.13. The number of rotatable bonds is 5. The smallest absolute Gasteiger partial charge is 0.254 e. The summed E-state index contributed by atoms with van der Waals surface area (Å²) in [6.45, 7) is 2.19. The van der Waals surface area contributed by atoms with Crippen molar-refractivity contribution >= 4 is 0 Å². The van der Waals surface area contributed by atoms with Crippen LogP contribution in [0, 0.1) is 0 Å². The number of fused-ring (bicyclic) bond motifs is 1. The number of benzene rings is 1. The molecule has 144 valence electrons. The summed E-state index contributed by atoms with van der Waals surface area (Å²) < 4.78 is 10.7. The Labute approximate surface area is 163 Å². The standard InChI is InChI=1S/C21H22N4O3/c1-27-18-4-3-14(11-19(18)28-2)12-25-10-7-16-17(13-25)23-20(24-21(16)26)15-5-8-22-9-6-15/h3-6,8-9,11H,7,10,12-13H2,1-2H3,(H,23,24,26). The number of H-pyrrole nitrogens is 1. The van der Waals surface area contributed by atoms with Crippen molar-refractivity contribution in [1.29, 1.82) is 0 Å². The molecule has 0 spiro atoms. The minimum atomic E-state index is -0.0532. The van der Waals surface area contributed by atoms with Gasteiger partial charge in [0.25, 0.3) is 5.56 Å². The Morgan fingerprint density at radius 2 is 1.89 bits per heavy atom. The first kappa shape index (κ1) is 18.2. The SMILES string of the molecule is COc1ccc(CN2CCc3c(nc(-c4ccncc4)[nH]c3=O)C2)cc1OC. The average Bonchev–Trinajstić information content (AvgIpc) is 2.74. The van der Waals surface area contributed by atoms with Crippen LogP contribution in [0.15, 0.2) is 47.5 Å². The van der Waals surface area contributed by atoms with Gasteiger partial charge < -0.3 is 14.5 Å². The summed E-state index contributed by atoms with van der Waals surface area (Å²) in [5.74, 6) is 2.01. The number of pyridine rings is 1. The second-order valence-corrected chi connectivity index (χ2v) is 6.73. The lowest BCUT2D eigenvalue weighted by atomic mass is 10.0. The van der Waals surface area contributed by atoms with E-state index < -0.39 is 0 Å². The van der Waals surface area contributed by atoms with Gasteiger partial charge in [-0.2, -0.15) is 0 Å². The van der Waals surface area contributed by atoms with E-state index in [1.807, 2.05) is 30.3 Å². The summed E-state index contributed by atoms with van der Waals surface area (Å²) in [6, 6.07) is 9.62. The van der Waals surface area contributed by atoms with Gasteiger partial charge in [-0.25, -0.2) is 4.98 Å². The van der Waals surface area contributed by atoms with E-state index in [-0.39, 0.29) is 5.56 Å². The number of nitrogens with zero attached hydrogens (tertiary/aromatic N) is 3. The summed E-state index contributed by atoms with van der Waals surface area (Å²) in [5, 5.41) is 0. The Morgan fingerprint density at radius 3 is 2.64 bits per heavy atom. The van der Waals surface area contributed by atoms with Crippen LogP contribution in [-0.2, 0) is 19.5 Å². The predicted octanol–water partition coefficient (Wildman–Crippen LogP) is 2.41. The highest BCUT2D eigenvalue weighted by Gasteiger charge is 2.22. The topological polar surface area (TPSA) is 80.3 Å². The molecule has 0 aliphatic carbocycles. The Balaban J connectivity index is 1.58. The van der Waals surface area contributed by atoms with Gasteiger partial charge in [-0.05, 0) is 36.2 Å². The molecule has 1 aliphatic rings. The van der Waals surface area contributed by atoms with Gasteiger partial charge in [0.2, 0.25) is 0 Å². The van der Waals surface area contributed by atoms with Gasteiger partial charge >= 0.3 is 0 Å². The van der Waals surface area contributed by atoms with E-state index in [2.05, 4.69) is 14.9 Å². The number of methoxy groups -OCH3 is 2. The molecule has 0 amide bonds. The summed E-state index contributed by atoms with van der Waals surface area (Å²) in [4.78, 5) is 26.4. The van der Waals surface area contributed by atoms with Crippen molar-refractivity contribution in [1.82, 2.24) is 19.9 Å². The van der Waals surface area contributed by atoms with Crippen molar-refractivity contribution in [3.8, 4) is 22.9 Å². The second-order valence-electron chi connectivity index (χ2n) is 6.73. The van der Waals surface area contributed by atoms with Crippen LogP contribution in [0.4, 0.5) is 0 Å². The molecule has 0 bridgehead atoms. The van der Waals surface area contributed by atoms with Gasteiger partial charge in [0.1, 0.15) is 5.82 Å². The molecule has 1 N–H and O–H groups in total. The van der Waals surface area contributed by atoms with Crippen LogP contribution in [-0.4, -0.2) is 40.6 Å². The Morgan fingerprint density at radius 1 is 1.11 bits per heavy atom. The highest BCUT2D eigenvalue weighted by Crippen LogP contribution is 2.28. The zero-order valence-electron chi connectivity index (χ0n) is 15.9. The normalized spacial score (nSPS) is 13.8. The maximum atomic E-state index is 12.5. The van der Waals surface area contributed by atoms with Crippen molar-refractivity contribution in [2.24, 2.45) is 0 Å². The first-order chi connectivity index (χ1) is 13.7. The molecular weight excluding hydrogens is 356 g/mol. The zero-order valence-corrected chi connectivity index (χ0v) is 15.9. The lowest BCUT2D eigenvalue weighted by Gasteiger charge is -2.28. The number of aromatic amines is 1. The third-order valence-corrected chi connectivity index (χ3v) is 4.96. The van der Waals surface area contributed by atoms with E-state index >= 15 is 0 Å². The molecule has 4 rings (SSSR count). The Bertz CT molecular complexity index is 1030. The summed E-state index contributed by atoms with van der Waals surface area (Å²) in [7, 11) is 3.26. The molecule has 0 atom stereocenters. The van der Waals surface area contributed by atoms with Gasteiger partial charge in [0.05, 0.1) is 19.9 Å². The maximum absolute atomic E-state index is 12.5. The van der Waals surface area contributed by atoms with Crippen molar-refractivity contribution < 1.29 is 9.47 Å². The maximum Gasteiger partial charge on any atom is 0.254 e. The number of hydrogen-bond acceptors (Lipinski definition) is 6. The fraction of sp³-hybridized carbons (Fsp3) is 0.286. The summed E-state index contributed by atoms with van der Waals surface area (Å²) >= 11 is 0. The van der Waals surface area contributed by atoms with E-state index in [4.69, 9.17) is 14.5 Å². The van der Waals surface area contributed by atoms with Crippen molar-refractivity contribution in [3.63, 3.8) is 0 Å². The van der Waals surface area contributed by atoms with Gasteiger partial charge in [-0.1, -0.05) is 6.07 Å². The van der Waals surface area contributed by atoms with Crippen LogP contribution in [0.3, 0.4) is 0 Å².